The van der Waals surface area contributed by atoms with Gasteiger partial charge in [-0.2, -0.15) is 0 Å². The summed E-state index contributed by atoms with van der Waals surface area (Å²) in [5, 5.41) is 3.32. The van der Waals surface area contributed by atoms with Crippen LogP contribution in [0.25, 0.3) is 0 Å². The van der Waals surface area contributed by atoms with Crippen molar-refractivity contribution in [1.82, 2.24) is 10.2 Å². The molecule has 1 unspecified atom stereocenters. The maximum atomic E-state index is 13.8. The summed E-state index contributed by atoms with van der Waals surface area (Å²) in [5.41, 5.74) is 0.488. The fourth-order valence-electron chi connectivity index (χ4n) is 3.69. The summed E-state index contributed by atoms with van der Waals surface area (Å²) in [6.07, 6.45) is 5.15. The van der Waals surface area contributed by atoms with E-state index in [1.54, 1.807) is 0 Å². The molecule has 0 aromatic heterocycles. The van der Waals surface area contributed by atoms with Gasteiger partial charge < -0.3 is 19.7 Å². The summed E-state index contributed by atoms with van der Waals surface area (Å²) in [7, 11) is 0. The topological polar surface area (TPSA) is 46.1 Å². The molecule has 0 aliphatic carbocycles. The maximum absolute atomic E-state index is 13.8. The molecule has 2 aliphatic rings. The lowest BCUT2D eigenvalue weighted by molar-refractivity contribution is -0.0367. The highest BCUT2D eigenvalue weighted by Gasteiger charge is 2.24. The normalized spacial score (nSPS) is 20.6. The standard InChI is InChI=1S/C21H31F2N3O2.HI/c1-2-24-21(25-10-7-16-5-6-17(22)14-20(16)23)26-11-8-18(9-12-26)28-15-19-4-3-13-27-19;/h5-6,14,18-19H,2-4,7-13,15H2,1H3,(H,24,25);1H. The Kier molecular flexibility index (Phi) is 10.6. The van der Waals surface area contributed by atoms with Crippen LogP contribution in [-0.4, -0.2) is 62.5 Å². The molecular weight excluding hydrogens is 491 g/mol. The summed E-state index contributed by atoms with van der Waals surface area (Å²) in [6, 6.07) is 3.70. The lowest BCUT2D eigenvalue weighted by Gasteiger charge is -2.34. The van der Waals surface area contributed by atoms with E-state index in [-0.39, 0.29) is 36.2 Å². The number of rotatable bonds is 7. The molecule has 164 valence electrons. The molecule has 1 atom stereocenters. The van der Waals surface area contributed by atoms with Gasteiger partial charge in [-0.3, -0.25) is 4.99 Å². The third kappa shape index (κ3) is 7.64. The zero-order chi connectivity index (χ0) is 19.8. The minimum absolute atomic E-state index is 0. The number of likely N-dealkylation sites (tertiary alicyclic amines) is 1. The molecule has 29 heavy (non-hydrogen) atoms. The zero-order valence-corrected chi connectivity index (χ0v) is 19.4. The first-order valence-corrected chi connectivity index (χ1v) is 10.4. The number of guanidine groups is 1. The first-order chi connectivity index (χ1) is 13.7. The molecule has 2 aliphatic heterocycles. The number of aliphatic imine (C=N–C) groups is 1. The highest BCUT2D eigenvalue weighted by atomic mass is 127. The number of benzene rings is 1. The minimum atomic E-state index is -0.553. The average molecular weight is 523 g/mol. The molecule has 8 heteroatoms. The molecule has 1 aromatic carbocycles. The van der Waals surface area contributed by atoms with Crippen molar-refractivity contribution >= 4 is 29.9 Å². The van der Waals surface area contributed by atoms with Gasteiger partial charge in [0.15, 0.2) is 5.96 Å². The van der Waals surface area contributed by atoms with Gasteiger partial charge in [-0.1, -0.05) is 6.07 Å². The van der Waals surface area contributed by atoms with Crippen molar-refractivity contribution in [2.75, 3.05) is 39.4 Å². The van der Waals surface area contributed by atoms with Crippen LogP contribution in [0.3, 0.4) is 0 Å². The van der Waals surface area contributed by atoms with Crippen LogP contribution in [0.1, 0.15) is 38.2 Å². The smallest absolute Gasteiger partial charge is 0.193 e. The first kappa shape index (κ1) is 24.3. The predicted octanol–water partition coefficient (Wildman–Crippen LogP) is 3.75. The molecule has 0 radical (unpaired) electrons. The number of hydrogen-bond acceptors (Lipinski definition) is 3. The summed E-state index contributed by atoms with van der Waals surface area (Å²) in [4.78, 5) is 6.87. The Morgan fingerprint density at radius 1 is 1.28 bits per heavy atom. The van der Waals surface area contributed by atoms with Crippen molar-refractivity contribution in [3.63, 3.8) is 0 Å². The van der Waals surface area contributed by atoms with E-state index in [4.69, 9.17) is 9.47 Å². The van der Waals surface area contributed by atoms with Gasteiger partial charge in [0.05, 0.1) is 18.8 Å². The summed E-state index contributed by atoms with van der Waals surface area (Å²) in [5.74, 6) is -0.213. The predicted molar refractivity (Wildman–Crippen MR) is 121 cm³/mol. The third-order valence-electron chi connectivity index (χ3n) is 5.28. The van der Waals surface area contributed by atoms with E-state index in [0.29, 0.717) is 25.1 Å². The Hall–Kier alpha value is -1.00. The van der Waals surface area contributed by atoms with E-state index in [1.165, 1.54) is 12.1 Å². The summed E-state index contributed by atoms with van der Waals surface area (Å²) < 4.78 is 38.4. The molecule has 1 N–H and O–H groups in total. The van der Waals surface area contributed by atoms with Crippen molar-refractivity contribution in [2.45, 2.75) is 51.2 Å². The van der Waals surface area contributed by atoms with Crippen molar-refractivity contribution in [1.29, 1.82) is 0 Å². The first-order valence-electron chi connectivity index (χ1n) is 10.4. The molecule has 2 fully saturated rings. The number of nitrogens with one attached hydrogen (secondary N) is 1. The van der Waals surface area contributed by atoms with Crippen LogP contribution in [-0.2, 0) is 15.9 Å². The SMILES string of the molecule is CCNC(=NCCc1ccc(F)cc1F)N1CCC(OCC2CCCO2)CC1.I. The highest BCUT2D eigenvalue weighted by Crippen LogP contribution is 2.18. The Bertz CT molecular complexity index is 649. The Morgan fingerprint density at radius 3 is 2.72 bits per heavy atom. The lowest BCUT2D eigenvalue weighted by Crippen LogP contribution is -2.47. The van der Waals surface area contributed by atoms with Crippen LogP contribution in [0.15, 0.2) is 23.2 Å². The average Bonchev–Trinajstić information content (AvgIpc) is 3.21. The number of halogens is 3. The van der Waals surface area contributed by atoms with Crippen LogP contribution < -0.4 is 5.32 Å². The van der Waals surface area contributed by atoms with Crippen LogP contribution in [0, 0.1) is 11.6 Å². The largest absolute Gasteiger partial charge is 0.376 e. The van der Waals surface area contributed by atoms with E-state index in [1.807, 2.05) is 6.92 Å². The van der Waals surface area contributed by atoms with Gasteiger partial charge in [-0.25, -0.2) is 8.78 Å². The van der Waals surface area contributed by atoms with Gasteiger partial charge in [-0.15, -0.1) is 24.0 Å². The molecule has 0 bridgehead atoms. The molecule has 2 heterocycles. The minimum Gasteiger partial charge on any atom is -0.376 e. The Labute approximate surface area is 189 Å². The Morgan fingerprint density at radius 2 is 2.07 bits per heavy atom. The molecule has 0 amide bonds. The number of nitrogens with zero attached hydrogens (tertiary/aromatic N) is 2. The van der Waals surface area contributed by atoms with Crippen molar-refractivity contribution in [3.8, 4) is 0 Å². The van der Waals surface area contributed by atoms with Crippen LogP contribution >= 0.6 is 24.0 Å². The van der Waals surface area contributed by atoms with E-state index in [0.717, 1.165) is 64.0 Å². The highest BCUT2D eigenvalue weighted by molar-refractivity contribution is 14.0. The van der Waals surface area contributed by atoms with E-state index < -0.39 is 11.6 Å². The molecule has 1 aromatic rings. The number of hydrogen-bond donors (Lipinski definition) is 1. The van der Waals surface area contributed by atoms with Gasteiger partial charge in [0.25, 0.3) is 0 Å². The van der Waals surface area contributed by atoms with Crippen LogP contribution in [0.4, 0.5) is 8.78 Å². The molecular formula is C21H32F2IN3O2. The summed E-state index contributed by atoms with van der Waals surface area (Å²) >= 11 is 0. The number of ether oxygens (including phenoxy) is 2. The van der Waals surface area contributed by atoms with Gasteiger partial charge in [-0.05, 0) is 50.7 Å². The molecule has 0 spiro atoms. The second-order valence-electron chi connectivity index (χ2n) is 7.38. The Balaban J connectivity index is 0.00000300. The number of piperidine rings is 1. The van der Waals surface area contributed by atoms with Crippen LogP contribution in [0.5, 0.6) is 0 Å². The van der Waals surface area contributed by atoms with Gasteiger partial charge in [0.2, 0.25) is 0 Å². The molecule has 3 rings (SSSR count). The lowest BCUT2D eigenvalue weighted by atomic mass is 10.1. The monoisotopic (exact) mass is 523 g/mol. The summed E-state index contributed by atoms with van der Waals surface area (Å²) in [6.45, 7) is 6.59. The van der Waals surface area contributed by atoms with E-state index >= 15 is 0 Å². The van der Waals surface area contributed by atoms with Gasteiger partial charge in [0.1, 0.15) is 11.6 Å². The van der Waals surface area contributed by atoms with Crippen molar-refractivity contribution < 1.29 is 18.3 Å². The van der Waals surface area contributed by atoms with Crippen molar-refractivity contribution in [2.24, 2.45) is 4.99 Å². The molecule has 2 saturated heterocycles. The van der Waals surface area contributed by atoms with E-state index in [2.05, 4.69) is 15.2 Å². The third-order valence-corrected chi connectivity index (χ3v) is 5.28. The zero-order valence-electron chi connectivity index (χ0n) is 17.0. The molecule has 0 saturated carbocycles. The van der Waals surface area contributed by atoms with Crippen molar-refractivity contribution in [3.05, 3.63) is 35.4 Å². The maximum Gasteiger partial charge on any atom is 0.193 e. The van der Waals surface area contributed by atoms with E-state index in [9.17, 15) is 8.78 Å². The van der Waals surface area contributed by atoms with Gasteiger partial charge >= 0.3 is 0 Å². The quantitative estimate of drug-likeness (QED) is 0.336. The van der Waals surface area contributed by atoms with Crippen LogP contribution in [0.2, 0.25) is 0 Å². The second-order valence-corrected chi connectivity index (χ2v) is 7.38. The molecule has 5 nitrogen and oxygen atoms in total. The fourth-order valence-corrected chi connectivity index (χ4v) is 3.69. The fraction of sp³-hybridized carbons (Fsp3) is 0.667. The second kappa shape index (κ2) is 12.6. The van der Waals surface area contributed by atoms with Gasteiger partial charge in [0, 0.05) is 38.9 Å².